The molecule has 1 aromatic rings. The highest BCUT2D eigenvalue weighted by molar-refractivity contribution is 5.74. The van der Waals surface area contributed by atoms with Crippen LogP contribution in [0.3, 0.4) is 0 Å². The van der Waals surface area contributed by atoms with E-state index in [2.05, 4.69) is 24.4 Å². The second kappa shape index (κ2) is 9.67. The molecule has 1 aliphatic heterocycles. The first-order chi connectivity index (χ1) is 11.6. The molecule has 1 aromatic carbocycles. The Balaban J connectivity index is 1.89. The van der Waals surface area contributed by atoms with Crippen LogP contribution < -0.4 is 5.32 Å². The molecule has 0 aliphatic carbocycles. The molecule has 1 aliphatic rings. The van der Waals surface area contributed by atoms with Crippen molar-refractivity contribution in [2.75, 3.05) is 19.6 Å². The Bertz CT molecular complexity index is 488. The van der Waals surface area contributed by atoms with Crippen molar-refractivity contribution in [1.29, 1.82) is 0 Å². The zero-order valence-corrected chi connectivity index (χ0v) is 15.1. The Kier molecular flexibility index (Phi) is 7.57. The van der Waals surface area contributed by atoms with E-state index in [1.54, 1.807) is 6.92 Å². The molecule has 0 radical (unpaired) electrons. The lowest BCUT2D eigenvalue weighted by atomic mass is 9.93. The number of piperidine rings is 1. The molecule has 0 spiro atoms. The van der Waals surface area contributed by atoms with E-state index in [1.807, 2.05) is 23.1 Å². The molecule has 0 saturated carbocycles. The maximum Gasteiger partial charge on any atom is 0.317 e. The number of carbonyl (C=O) groups is 1. The number of urea groups is 1. The van der Waals surface area contributed by atoms with E-state index in [0.29, 0.717) is 18.9 Å². The quantitative estimate of drug-likeness (QED) is 0.799. The molecule has 0 bridgehead atoms. The number of likely N-dealkylation sites (tertiary alicyclic amines) is 1. The minimum Gasteiger partial charge on any atom is -0.393 e. The Morgan fingerprint density at radius 1 is 1.38 bits per heavy atom. The van der Waals surface area contributed by atoms with Gasteiger partial charge in [0.25, 0.3) is 0 Å². The van der Waals surface area contributed by atoms with Gasteiger partial charge in [-0.3, -0.25) is 0 Å². The van der Waals surface area contributed by atoms with Crippen molar-refractivity contribution in [3.8, 4) is 0 Å². The Labute approximate surface area is 146 Å². The number of amides is 2. The fraction of sp³-hybridized carbons (Fsp3) is 0.650. The third kappa shape index (κ3) is 5.82. The van der Waals surface area contributed by atoms with Gasteiger partial charge in [-0.15, -0.1) is 0 Å². The zero-order valence-electron chi connectivity index (χ0n) is 15.1. The molecule has 2 amide bonds. The molecule has 2 N–H and O–H groups in total. The van der Waals surface area contributed by atoms with E-state index in [4.69, 9.17) is 0 Å². The van der Waals surface area contributed by atoms with Crippen LogP contribution in [0.5, 0.6) is 0 Å². The van der Waals surface area contributed by atoms with Gasteiger partial charge in [-0.1, -0.05) is 43.7 Å². The second-order valence-electron chi connectivity index (χ2n) is 7.12. The number of aliphatic hydroxyl groups excluding tert-OH is 1. The summed E-state index contributed by atoms with van der Waals surface area (Å²) in [5.41, 5.74) is 1.17. The zero-order chi connectivity index (χ0) is 17.4. The highest BCUT2D eigenvalue weighted by Gasteiger charge is 2.24. The standard InChI is InChI=1S/C20H32N2O2/c1-3-8-17-9-7-12-22(15-17)20(24)21-14-19(13-16(2)23)18-10-5-4-6-11-18/h4-6,10-11,16-17,19,23H,3,7-9,12-15H2,1-2H3,(H,21,24). The SMILES string of the molecule is CCCC1CCCN(C(=O)NCC(CC(C)O)c2ccccc2)C1. The summed E-state index contributed by atoms with van der Waals surface area (Å²) >= 11 is 0. The molecule has 134 valence electrons. The van der Waals surface area contributed by atoms with Gasteiger partial charge in [0, 0.05) is 25.6 Å². The molecule has 1 fully saturated rings. The number of nitrogens with zero attached hydrogens (tertiary/aromatic N) is 1. The van der Waals surface area contributed by atoms with Gasteiger partial charge in [-0.2, -0.15) is 0 Å². The number of hydrogen-bond donors (Lipinski definition) is 2. The van der Waals surface area contributed by atoms with Crippen molar-refractivity contribution in [3.63, 3.8) is 0 Å². The van der Waals surface area contributed by atoms with Crippen LogP contribution in [0.25, 0.3) is 0 Å². The van der Waals surface area contributed by atoms with Crippen LogP contribution in [-0.4, -0.2) is 41.8 Å². The molecular formula is C20H32N2O2. The highest BCUT2D eigenvalue weighted by Crippen LogP contribution is 2.22. The topological polar surface area (TPSA) is 52.6 Å². The second-order valence-corrected chi connectivity index (χ2v) is 7.12. The fourth-order valence-corrected chi connectivity index (χ4v) is 3.69. The monoisotopic (exact) mass is 332 g/mol. The number of benzene rings is 1. The summed E-state index contributed by atoms with van der Waals surface area (Å²) in [5.74, 6) is 0.795. The predicted octanol–water partition coefficient (Wildman–Crippen LogP) is 3.76. The maximum atomic E-state index is 12.5. The molecule has 3 atom stereocenters. The molecule has 3 unspecified atom stereocenters. The number of nitrogens with one attached hydrogen (secondary N) is 1. The van der Waals surface area contributed by atoms with Crippen LogP contribution in [0.1, 0.15) is 57.4 Å². The van der Waals surface area contributed by atoms with Crippen LogP contribution in [0.2, 0.25) is 0 Å². The third-order valence-corrected chi connectivity index (χ3v) is 4.90. The summed E-state index contributed by atoms with van der Waals surface area (Å²) in [6, 6.07) is 10.2. The summed E-state index contributed by atoms with van der Waals surface area (Å²) < 4.78 is 0. The van der Waals surface area contributed by atoms with Crippen molar-refractivity contribution in [2.24, 2.45) is 5.92 Å². The summed E-state index contributed by atoms with van der Waals surface area (Å²) in [5, 5.41) is 12.9. The van der Waals surface area contributed by atoms with Gasteiger partial charge < -0.3 is 15.3 Å². The normalized spacial score (nSPS) is 20.5. The van der Waals surface area contributed by atoms with Crippen molar-refractivity contribution in [1.82, 2.24) is 10.2 Å². The molecule has 1 heterocycles. The van der Waals surface area contributed by atoms with E-state index >= 15 is 0 Å². The van der Waals surface area contributed by atoms with Crippen LogP contribution in [0.15, 0.2) is 30.3 Å². The van der Waals surface area contributed by atoms with E-state index in [9.17, 15) is 9.90 Å². The van der Waals surface area contributed by atoms with Crippen LogP contribution >= 0.6 is 0 Å². The first kappa shape index (κ1) is 18.8. The molecule has 24 heavy (non-hydrogen) atoms. The Hall–Kier alpha value is -1.55. The fourth-order valence-electron chi connectivity index (χ4n) is 3.69. The van der Waals surface area contributed by atoms with Gasteiger partial charge in [0.2, 0.25) is 0 Å². The third-order valence-electron chi connectivity index (χ3n) is 4.90. The van der Waals surface area contributed by atoms with E-state index in [0.717, 1.165) is 19.5 Å². The average molecular weight is 332 g/mol. The van der Waals surface area contributed by atoms with Crippen molar-refractivity contribution in [2.45, 2.75) is 58.0 Å². The molecule has 4 heteroatoms. The van der Waals surface area contributed by atoms with E-state index in [1.165, 1.54) is 24.8 Å². The predicted molar refractivity (Wildman–Crippen MR) is 98.1 cm³/mol. The van der Waals surface area contributed by atoms with Gasteiger partial charge in [0.05, 0.1) is 6.10 Å². The van der Waals surface area contributed by atoms with Gasteiger partial charge >= 0.3 is 6.03 Å². The molecule has 4 nitrogen and oxygen atoms in total. The Morgan fingerprint density at radius 3 is 2.79 bits per heavy atom. The minimum atomic E-state index is -0.379. The Morgan fingerprint density at radius 2 is 2.12 bits per heavy atom. The van der Waals surface area contributed by atoms with Gasteiger partial charge in [-0.25, -0.2) is 4.79 Å². The van der Waals surface area contributed by atoms with Gasteiger partial charge in [-0.05, 0) is 44.1 Å². The lowest BCUT2D eigenvalue weighted by Gasteiger charge is -2.33. The first-order valence-electron chi connectivity index (χ1n) is 9.36. The van der Waals surface area contributed by atoms with Crippen LogP contribution in [0.4, 0.5) is 4.79 Å². The average Bonchev–Trinajstić information content (AvgIpc) is 2.59. The lowest BCUT2D eigenvalue weighted by Crippen LogP contribution is -2.46. The highest BCUT2D eigenvalue weighted by atomic mass is 16.3. The smallest absolute Gasteiger partial charge is 0.317 e. The number of rotatable bonds is 7. The molecule has 0 aromatic heterocycles. The summed E-state index contributed by atoms with van der Waals surface area (Å²) in [6.07, 6.45) is 5.02. The molecule has 1 saturated heterocycles. The number of aliphatic hydroxyl groups is 1. The van der Waals surface area contributed by atoms with Crippen molar-refractivity contribution < 1.29 is 9.90 Å². The van der Waals surface area contributed by atoms with Gasteiger partial charge in [0.1, 0.15) is 0 Å². The molecular weight excluding hydrogens is 300 g/mol. The summed E-state index contributed by atoms with van der Waals surface area (Å²) in [6.45, 7) is 6.32. The van der Waals surface area contributed by atoms with Crippen molar-refractivity contribution in [3.05, 3.63) is 35.9 Å². The summed E-state index contributed by atoms with van der Waals surface area (Å²) in [7, 11) is 0. The number of hydrogen-bond acceptors (Lipinski definition) is 2. The van der Waals surface area contributed by atoms with E-state index in [-0.39, 0.29) is 18.1 Å². The number of carbonyl (C=O) groups excluding carboxylic acids is 1. The molecule has 2 rings (SSSR count). The maximum absolute atomic E-state index is 12.5. The lowest BCUT2D eigenvalue weighted by molar-refractivity contribution is 0.156. The van der Waals surface area contributed by atoms with E-state index < -0.39 is 0 Å². The summed E-state index contributed by atoms with van der Waals surface area (Å²) in [4.78, 5) is 14.5. The van der Waals surface area contributed by atoms with Gasteiger partial charge in [0.15, 0.2) is 0 Å². The minimum absolute atomic E-state index is 0.0438. The van der Waals surface area contributed by atoms with Crippen LogP contribution in [0, 0.1) is 5.92 Å². The van der Waals surface area contributed by atoms with Crippen LogP contribution in [-0.2, 0) is 0 Å². The first-order valence-corrected chi connectivity index (χ1v) is 9.36. The largest absolute Gasteiger partial charge is 0.393 e. The van der Waals surface area contributed by atoms with Crippen molar-refractivity contribution >= 4 is 6.03 Å².